The van der Waals surface area contributed by atoms with Crippen LogP contribution in [0.1, 0.15) is 34.1 Å². The van der Waals surface area contributed by atoms with Crippen LogP contribution in [0.15, 0.2) is 46.2 Å². The molecule has 2 heterocycles. The first-order valence-corrected chi connectivity index (χ1v) is 10.7. The number of aromatic hydroxyl groups is 1. The van der Waals surface area contributed by atoms with E-state index in [4.69, 9.17) is 0 Å². The van der Waals surface area contributed by atoms with Gasteiger partial charge in [0.1, 0.15) is 6.54 Å². The fourth-order valence-electron chi connectivity index (χ4n) is 3.90. The fraction of sp³-hybridized carbons (Fsp3) is 0.208. The molecule has 31 heavy (non-hydrogen) atoms. The summed E-state index contributed by atoms with van der Waals surface area (Å²) in [7, 11) is 0. The summed E-state index contributed by atoms with van der Waals surface area (Å²) in [6.07, 6.45) is 1.76. The molecule has 3 aromatic rings. The fourth-order valence-corrected chi connectivity index (χ4v) is 4.72. The highest BCUT2D eigenvalue weighted by Gasteiger charge is 2.21. The van der Waals surface area contributed by atoms with Crippen LogP contribution in [-0.4, -0.2) is 21.3 Å². The lowest BCUT2D eigenvalue weighted by molar-refractivity contribution is -0.116. The SMILES string of the molecule is CC1=Nc2ccccc2C1=Cc1sc(=O)n(CC(=O)Nc2c(C)cc(C)cc2C)c1O. The van der Waals surface area contributed by atoms with Crippen molar-refractivity contribution in [2.75, 3.05) is 5.32 Å². The number of nitrogens with one attached hydrogen (secondary N) is 1. The number of aromatic nitrogens is 1. The van der Waals surface area contributed by atoms with Crippen LogP contribution >= 0.6 is 11.3 Å². The molecule has 0 unspecified atom stereocenters. The van der Waals surface area contributed by atoms with Crippen molar-refractivity contribution in [1.82, 2.24) is 4.57 Å². The summed E-state index contributed by atoms with van der Waals surface area (Å²) < 4.78 is 1.10. The molecule has 7 heteroatoms. The molecule has 1 amide bonds. The van der Waals surface area contributed by atoms with E-state index >= 15 is 0 Å². The van der Waals surface area contributed by atoms with Gasteiger partial charge in [0, 0.05) is 22.5 Å². The molecule has 0 fully saturated rings. The van der Waals surface area contributed by atoms with Crippen molar-refractivity contribution in [3.05, 3.63) is 73.2 Å². The predicted octanol–water partition coefficient (Wildman–Crippen LogP) is 4.83. The van der Waals surface area contributed by atoms with Crippen LogP contribution in [0.25, 0.3) is 11.6 Å². The average molecular weight is 434 g/mol. The minimum absolute atomic E-state index is 0.216. The molecule has 1 aliphatic heterocycles. The summed E-state index contributed by atoms with van der Waals surface area (Å²) in [6, 6.07) is 11.7. The molecule has 0 spiro atoms. The highest BCUT2D eigenvalue weighted by molar-refractivity contribution is 7.10. The largest absolute Gasteiger partial charge is 0.493 e. The van der Waals surface area contributed by atoms with E-state index in [0.29, 0.717) is 4.88 Å². The maximum absolute atomic E-state index is 12.6. The minimum Gasteiger partial charge on any atom is -0.493 e. The second kappa shape index (κ2) is 8.00. The summed E-state index contributed by atoms with van der Waals surface area (Å²) in [5.41, 5.74) is 7.24. The van der Waals surface area contributed by atoms with E-state index in [0.717, 1.165) is 60.8 Å². The van der Waals surface area contributed by atoms with Crippen molar-refractivity contribution in [2.45, 2.75) is 34.2 Å². The summed E-state index contributed by atoms with van der Waals surface area (Å²) in [6.45, 7) is 7.48. The number of aliphatic imine (C=N–C) groups is 1. The van der Waals surface area contributed by atoms with Crippen molar-refractivity contribution >= 4 is 46.0 Å². The van der Waals surface area contributed by atoms with Crippen LogP contribution in [0.3, 0.4) is 0 Å². The second-order valence-electron chi connectivity index (χ2n) is 7.74. The third-order valence-electron chi connectivity index (χ3n) is 5.28. The maximum atomic E-state index is 12.6. The number of thiazole rings is 1. The molecule has 0 bridgehead atoms. The first-order chi connectivity index (χ1) is 14.7. The Morgan fingerprint density at radius 3 is 2.55 bits per heavy atom. The lowest BCUT2D eigenvalue weighted by atomic mass is 10.0. The van der Waals surface area contributed by atoms with Gasteiger partial charge in [0.05, 0.1) is 10.6 Å². The maximum Gasteiger partial charge on any atom is 0.311 e. The Hall–Kier alpha value is -3.45. The number of allylic oxidation sites excluding steroid dienone is 1. The molecule has 0 radical (unpaired) electrons. The summed E-state index contributed by atoms with van der Waals surface area (Å²) in [5.74, 6) is -0.583. The van der Waals surface area contributed by atoms with Crippen molar-refractivity contribution in [3.8, 4) is 5.88 Å². The minimum atomic E-state index is -0.391. The van der Waals surface area contributed by atoms with E-state index in [-0.39, 0.29) is 18.3 Å². The van der Waals surface area contributed by atoms with Crippen molar-refractivity contribution in [1.29, 1.82) is 0 Å². The lowest BCUT2D eigenvalue weighted by Crippen LogP contribution is -2.24. The molecular formula is C24H23N3O3S. The van der Waals surface area contributed by atoms with Crippen LogP contribution in [0.5, 0.6) is 5.88 Å². The Bertz CT molecular complexity index is 1310. The Morgan fingerprint density at radius 1 is 1.16 bits per heavy atom. The molecular weight excluding hydrogens is 410 g/mol. The smallest absolute Gasteiger partial charge is 0.311 e. The lowest BCUT2D eigenvalue weighted by Gasteiger charge is -2.13. The Balaban J connectivity index is 1.61. The Kier molecular flexibility index (Phi) is 5.37. The van der Waals surface area contributed by atoms with E-state index in [1.807, 2.05) is 64.1 Å². The first kappa shape index (κ1) is 20.8. The monoisotopic (exact) mass is 433 g/mol. The van der Waals surface area contributed by atoms with E-state index in [2.05, 4.69) is 10.3 Å². The highest BCUT2D eigenvalue weighted by atomic mass is 32.1. The number of para-hydroxylation sites is 1. The molecule has 0 atom stereocenters. The van der Waals surface area contributed by atoms with E-state index < -0.39 is 4.87 Å². The predicted molar refractivity (Wildman–Crippen MR) is 127 cm³/mol. The Morgan fingerprint density at radius 2 is 1.84 bits per heavy atom. The van der Waals surface area contributed by atoms with Crippen LogP contribution in [0.4, 0.5) is 11.4 Å². The first-order valence-electron chi connectivity index (χ1n) is 9.91. The van der Waals surface area contributed by atoms with Crippen LogP contribution in [0.2, 0.25) is 0 Å². The van der Waals surface area contributed by atoms with Crippen LogP contribution < -0.4 is 10.2 Å². The van der Waals surface area contributed by atoms with Crippen molar-refractivity contribution in [3.63, 3.8) is 0 Å². The highest BCUT2D eigenvalue weighted by Crippen LogP contribution is 2.37. The third-order valence-corrected chi connectivity index (χ3v) is 6.20. The summed E-state index contributed by atoms with van der Waals surface area (Å²) in [5, 5.41) is 13.5. The van der Waals surface area contributed by atoms with E-state index in [1.54, 1.807) is 6.08 Å². The molecule has 0 saturated carbocycles. The molecule has 0 aliphatic carbocycles. The summed E-state index contributed by atoms with van der Waals surface area (Å²) in [4.78, 5) is 29.7. The number of rotatable bonds is 4. The Labute approximate surface area is 184 Å². The van der Waals surface area contributed by atoms with E-state index in [1.165, 1.54) is 0 Å². The van der Waals surface area contributed by atoms with Gasteiger partial charge in [-0.15, -0.1) is 0 Å². The van der Waals surface area contributed by atoms with Crippen molar-refractivity contribution < 1.29 is 9.90 Å². The van der Waals surface area contributed by atoms with Gasteiger partial charge in [-0.2, -0.15) is 0 Å². The zero-order valence-corrected chi connectivity index (χ0v) is 18.6. The van der Waals surface area contributed by atoms with Gasteiger partial charge in [0.25, 0.3) is 0 Å². The van der Waals surface area contributed by atoms with Gasteiger partial charge in [0.15, 0.2) is 0 Å². The molecule has 2 aromatic carbocycles. The number of carbonyl (C=O) groups excluding carboxylic acids is 1. The van der Waals surface area contributed by atoms with Gasteiger partial charge in [-0.05, 0) is 51.0 Å². The number of anilines is 1. The molecule has 0 saturated heterocycles. The molecule has 4 rings (SSSR count). The zero-order valence-electron chi connectivity index (χ0n) is 17.8. The number of nitrogens with zero attached hydrogens (tertiary/aromatic N) is 2. The average Bonchev–Trinajstić information content (AvgIpc) is 3.16. The zero-order chi connectivity index (χ0) is 22.3. The van der Waals surface area contributed by atoms with Gasteiger partial charge in [-0.1, -0.05) is 47.2 Å². The molecule has 158 valence electrons. The van der Waals surface area contributed by atoms with Gasteiger partial charge in [0.2, 0.25) is 11.8 Å². The molecule has 1 aromatic heterocycles. The number of fused-ring (bicyclic) bond motifs is 1. The quantitative estimate of drug-likeness (QED) is 0.618. The van der Waals surface area contributed by atoms with Gasteiger partial charge in [-0.25, -0.2) is 0 Å². The standard InChI is InChI=1S/C24H23N3O3S/c1-13-9-14(2)22(15(3)10-13)26-21(28)12-27-23(29)20(31-24(27)30)11-18-16(4)25-19-8-6-5-7-17(18)19/h5-11,29H,12H2,1-4H3,(H,26,28). The van der Waals surface area contributed by atoms with E-state index in [9.17, 15) is 14.7 Å². The number of amides is 1. The van der Waals surface area contributed by atoms with Crippen molar-refractivity contribution in [2.24, 2.45) is 4.99 Å². The number of aryl methyl sites for hydroxylation is 3. The second-order valence-corrected chi connectivity index (χ2v) is 8.73. The molecule has 2 N–H and O–H groups in total. The molecule has 1 aliphatic rings. The summed E-state index contributed by atoms with van der Waals surface area (Å²) >= 11 is 0.907. The molecule has 6 nitrogen and oxygen atoms in total. The number of hydrogen-bond donors (Lipinski definition) is 2. The number of hydrogen-bond acceptors (Lipinski definition) is 5. The number of carbonyl (C=O) groups is 1. The normalized spacial score (nSPS) is 13.9. The van der Waals surface area contributed by atoms with Gasteiger partial charge < -0.3 is 10.4 Å². The van der Waals surface area contributed by atoms with Gasteiger partial charge >= 0.3 is 4.87 Å². The third kappa shape index (κ3) is 3.96. The number of benzene rings is 2. The topological polar surface area (TPSA) is 83.7 Å². The van der Waals surface area contributed by atoms with Crippen LogP contribution in [0, 0.1) is 20.8 Å². The van der Waals surface area contributed by atoms with Crippen LogP contribution in [-0.2, 0) is 11.3 Å². The van der Waals surface area contributed by atoms with Gasteiger partial charge in [-0.3, -0.25) is 19.1 Å².